The Labute approximate surface area is 129 Å². The van der Waals surface area contributed by atoms with Crippen LogP contribution in [0.4, 0.5) is 0 Å². The Morgan fingerprint density at radius 3 is 2.18 bits per heavy atom. The highest BCUT2D eigenvalue weighted by molar-refractivity contribution is 5.94. The van der Waals surface area contributed by atoms with Gasteiger partial charge in [-0.15, -0.1) is 0 Å². The summed E-state index contributed by atoms with van der Waals surface area (Å²) in [6.45, 7) is 1.50. The quantitative estimate of drug-likeness (QED) is 0.488. The number of hydrogen-bond acceptors (Lipinski definition) is 4. The Bertz CT molecular complexity index is 586. The first-order chi connectivity index (χ1) is 10.5. The van der Waals surface area contributed by atoms with E-state index in [4.69, 9.17) is 4.74 Å². The lowest BCUT2D eigenvalue weighted by molar-refractivity contribution is -0.145. The zero-order valence-corrected chi connectivity index (χ0v) is 12.7. The van der Waals surface area contributed by atoms with Gasteiger partial charge in [-0.2, -0.15) is 0 Å². The summed E-state index contributed by atoms with van der Waals surface area (Å²) >= 11 is 0. The second kappa shape index (κ2) is 6.03. The average molecular weight is 300 g/mol. The molecule has 0 aliphatic heterocycles. The lowest BCUT2D eigenvalue weighted by Crippen LogP contribution is -2.40. The molecule has 0 heterocycles. The molecule has 4 nitrogen and oxygen atoms in total. The molecule has 0 amide bonds. The molecule has 2 aliphatic rings. The Morgan fingerprint density at radius 2 is 1.64 bits per heavy atom. The van der Waals surface area contributed by atoms with E-state index in [2.05, 4.69) is 0 Å². The molecule has 1 unspecified atom stereocenters. The Balaban J connectivity index is 1.64. The molecule has 0 radical (unpaired) electrons. The van der Waals surface area contributed by atoms with Gasteiger partial charge in [0.25, 0.3) is 0 Å². The van der Waals surface area contributed by atoms with Crippen LogP contribution in [0.1, 0.15) is 49.4 Å². The minimum Gasteiger partial charge on any atom is -0.426 e. The number of Topliss-reactive ketones (excluding diaryl/α,β-unsaturated/α-hetero) is 2. The molecule has 3 atom stereocenters. The first-order valence-electron chi connectivity index (χ1n) is 7.91. The van der Waals surface area contributed by atoms with Crippen molar-refractivity contribution in [2.45, 2.75) is 39.0 Å². The largest absolute Gasteiger partial charge is 0.426 e. The number of fused-ring (bicyclic) bond motifs is 2. The Morgan fingerprint density at radius 1 is 1.05 bits per heavy atom. The van der Waals surface area contributed by atoms with Gasteiger partial charge in [-0.3, -0.25) is 14.4 Å². The number of rotatable bonds is 3. The molecule has 0 N–H and O–H groups in total. The molecule has 4 heteroatoms. The van der Waals surface area contributed by atoms with Crippen LogP contribution in [-0.2, 0) is 9.59 Å². The van der Waals surface area contributed by atoms with Crippen molar-refractivity contribution in [1.82, 2.24) is 0 Å². The maximum atomic E-state index is 12.3. The van der Waals surface area contributed by atoms with Gasteiger partial charge in [-0.25, -0.2) is 0 Å². The number of esters is 1. The summed E-state index contributed by atoms with van der Waals surface area (Å²) in [6, 6.07) is 6.60. The standard InChI is InChI=1S/C18H20O4/c1-11(19)12-5-7-16(8-6-12)22-18(21)15-9-13-3-2-4-14(10-15)17(13)20/h5-8,13-15H,2-4,9-10H2,1H3/t13-,14+,15?. The molecule has 22 heavy (non-hydrogen) atoms. The van der Waals surface area contributed by atoms with E-state index in [1.807, 2.05) is 0 Å². The zero-order chi connectivity index (χ0) is 15.7. The zero-order valence-electron chi connectivity index (χ0n) is 12.7. The van der Waals surface area contributed by atoms with E-state index >= 15 is 0 Å². The van der Waals surface area contributed by atoms with Crippen molar-refractivity contribution in [2.75, 3.05) is 0 Å². The third-order valence-corrected chi connectivity index (χ3v) is 4.86. The monoisotopic (exact) mass is 300 g/mol. The predicted molar refractivity (Wildman–Crippen MR) is 80.6 cm³/mol. The van der Waals surface area contributed by atoms with Crippen LogP contribution < -0.4 is 4.74 Å². The summed E-state index contributed by atoms with van der Waals surface area (Å²) in [5, 5.41) is 0. The molecule has 2 bridgehead atoms. The summed E-state index contributed by atoms with van der Waals surface area (Å²) in [7, 11) is 0. The molecule has 2 aliphatic carbocycles. The van der Waals surface area contributed by atoms with E-state index in [0.717, 1.165) is 19.3 Å². The van der Waals surface area contributed by atoms with Gasteiger partial charge in [0.2, 0.25) is 0 Å². The molecular weight excluding hydrogens is 280 g/mol. The summed E-state index contributed by atoms with van der Waals surface area (Å²) in [6.07, 6.45) is 4.16. The third kappa shape index (κ3) is 2.96. The van der Waals surface area contributed by atoms with Crippen LogP contribution in [0.2, 0.25) is 0 Å². The summed E-state index contributed by atoms with van der Waals surface area (Å²) < 4.78 is 5.43. The summed E-state index contributed by atoms with van der Waals surface area (Å²) in [4.78, 5) is 35.6. The topological polar surface area (TPSA) is 60.4 Å². The molecule has 0 spiro atoms. The second-order valence-electron chi connectivity index (χ2n) is 6.40. The van der Waals surface area contributed by atoms with Gasteiger partial charge in [0.05, 0.1) is 5.92 Å². The SMILES string of the molecule is CC(=O)c1ccc(OC(=O)C2C[C@H]3CCC[C@@H](C2)C3=O)cc1. The van der Waals surface area contributed by atoms with Gasteiger partial charge in [0.15, 0.2) is 5.78 Å². The van der Waals surface area contributed by atoms with E-state index in [1.54, 1.807) is 24.3 Å². The van der Waals surface area contributed by atoms with Gasteiger partial charge in [0.1, 0.15) is 11.5 Å². The predicted octanol–water partition coefficient (Wildman–Crippen LogP) is 3.19. The molecule has 2 fully saturated rings. The van der Waals surface area contributed by atoms with Crippen molar-refractivity contribution in [3.8, 4) is 5.75 Å². The minimum absolute atomic E-state index is 0.0171. The average Bonchev–Trinajstić information content (AvgIpc) is 2.47. The fraction of sp³-hybridized carbons (Fsp3) is 0.500. The van der Waals surface area contributed by atoms with E-state index in [1.165, 1.54) is 6.92 Å². The number of carbonyl (C=O) groups excluding carboxylic acids is 3. The molecule has 0 aromatic heterocycles. The van der Waals surface area contributed by atoms with Crippen molar-refractivity contribution in [3.63, 3.8) is 0 Å². The number of ether oxygens (including phenoxy) is 1. The fourth-order valence-electron chi connectivity index (χ4n) is 3.63. The van der Waals surface area contributed by atoms with Gasteiger partial charge in [0, 0.05) is 17.4 Å². The van der Waals surface area contributed by atoms with Crippen LogP contribution in [0, 0.1) is 17.8 Å². The van der Waals surface area contributed by atoms with Crippen LogP contribution in [0.15, 0.2) is 24.3 Å². The van der Waals surface area contributed by atoms with Crippen LogP contribution >= 0.6 is 0 Å². The molecule has 2 saturated carbocycles. The molecule has 3 rings (SSSR count). The Hall–Kier alpha value is -1.97. The van der Waals surface area contributed by atoms with Gasteiger partial charge >= 0.3 is 5.97 Å². The third-order valence-electron chi connectivity index (χ3n) is 4.86. The highest BCUT2D eigenvalue weighted by Crippen LogP contribution is 2.40. The number of hydrogen-bond donors (Lipinski definition) is 0. The maximum absolute atomic E-state index is 12.3. The van der Waals surface area contributed by atoms with E-state index < -0.39 is 0 Å². The second-order valence-corrected chi connectivity index (χ2v) is 6.40. The molecule has 116 valence electrons. The highest BCUT2D eigenvalue weighted by atomic mass is 16.5. The summed E-state index contributed by atoms with van der Waals surface area (Å²) in [5.41, 5.74) is 0.595. The van der Waals surface area contributed by atoms with Crippen LogP contribution in [0.3, 0.4) is 0 Å². The van der Waals surface area contributed by atoms with Crippen molar-refractivity contribution < 1.29 is 19.1 Å². The molecular formula is C18H20O4. The number of benzene rings is 1. The Kier molecular flexibility index (Phi) is 4.10. The first kappa shape index (κ1) is 14.9. The molecule has 1 aromatic carbocycles. The first-order valence-corrected chi connectivity index (χ1v) is 7.91. The van der Waals surface area contributed by atoms with Crippen LogP contribution in [0.5, 0.6) is 5.75 Å². The van der Waals surface area contributed by atoms with E-state index in [9.17, 15) is 14.4 Å². The number of carbonyl (C=O) groups is 3. The van der Waals surface area contributed by atoms with Crippen LogP contribution in [0.25, 0.3) is 0 Å². The maximum Gasteiger partial charge on any atom is 0.314 e. The lowest BCUT2D eigenvalue weighted by Gasteiger charge is -2.36. The minimum atomic E-state index is -0.250. The highest BCUT2D eigenvalue weighted by Gasteiger charge is 2.41. The van der Waals surface area contributed by atoms with Crippen molar-refractivity contribution >= 4 is 17.5 Å². The number of ketones is 2. The molecule has 1 aromatic rings. The fourth-order valence-corrected chi connectivity index (χ4v) is 3.63. The summed E-state index contributed by atoms with van der Waals surface area (Å²) in [5.74, 6) is 0.449. The van der Waals surface area contributed by atoms with Gasteiger partial charge in [-0.05, 0) is 56.9 Å². The van der Waals surface area contributed by atoms with E-state index in [-0.39, 0.29) is 29.5 Å². The van der Waals surface area contributed by atoms with Crippen molar-refractivity contribution in [3.05, 3.63) is 29.8 Å². The lowest BCUT2D eigenvalue weighted by atomic mass is 9.67. The normalized spacial score (nSPS) is 27.3. The van der Waals surface area contributed by atoms with Crippen molar-refractivity contribution in [2.24, 2.45) is 17.8 Å². The van der Waals surface area contributed by atoms with Crippen molar-refractivity contribution in [1.29, 1.82) is 0 Å². The van der Waals surface area contributed by atoms with Gasteiger partial charge in [-0.1, -0.05) is 6.42 Å². The van der Waals surface area contributed by atoms with Crippen LogP contribution in [-0.4, -0.2) is 17.5 Å². The smallest absolute Gasteiger partial charge is 0.314 e. The molecule has 0 saturated heterocycles. The van der Waals surface area contributed by atoms with Gasteiger partial charge < -0.3 is 4.74 Å². The van der Waals surface area contributed by atoms with E-state index in [0.29, 0.717) is 29.9 Å².